The van der Waals surface area contributed by atoms with E-state index in [2.05, 4.69) is 64.7 Å². The second-order valence-electron chi connectivity index (χ2n) is 11.3. The van der Waals surface area contributed by atoms with Gasteiger partial charge < -0.3 is 14.7 Å². The van der Waals surface area contributed by atoms with Crippen LogP contribution in [0.4, 0.5) is 5.69 Å². The molecule has 0 aliphatic heterocycles. The highest BCUT2D eigenvalue weighted by atomic mass is 32.1. The summed E-state index contributed by atoms with van der Waals surface area (Å²) in [4.78, 5) is 17.1. The molecule has 1 N–H and O–H groups in total. The fourth-order valence-corrected chi connectivity index (χ4v) is 7.04. The van der Waals surface area contributed by atoms with E-state index in [1.807, 2.05) is 6.92 Å². The SMILES string of the molecule is COc1ccc([C@H]2CC[C@H](CN(c3cccc(-c4cc(C)ns4)c3)C(=O)[C@H]3CC[C@H](O)CC3)CC2)cc1C. The molecule has 0 atom stereocenters. The lowest BCUT2D eigenvalue weighted by Crippen LogP contribution is -2.41. The summed E-state index contributed by atoms with van der Waals surface area (Å²) in [5.41, 5.74) is 5.72. The highest BCUT2D eigenvalue weighted by Crippen LogP contribution is 2.39. The molecule has 2 fully saturated rings. The lowest BCUT2D eigenvalue weighted by atomic mass is 9.78. The van der Waals surface area contributed by atoms with Crippen LogP contribution in [0, 0.1) is 25.7 Å². The van der Waals surface area contributed by atoms with Gasteiger partial charge in [-0.15, -0.1) is 0 Å². The average Bonchev–Trinajstić information content (AvgIpc) is 3.38. The molecule has 38 heavy (non-hydrogen) atoms. The maximum Gasteiger partial charge on any atom is 0.230 e. The van der Waals surface area contributed by atoms with Gasteiger partial charge in [0.2, 0.25) is 5.91 Å². The molecule has 5 nitrogen and oxygen atoms in total. The molecule has 2 aliphatic rings. The number of methoxy groups -OCH3 is 1. The second kappa shape index (κ2) is 12.0. The number of ether oxygens (including phenoxy) is 1. The number of anilines is 1. The molecule has 1 amide bonds. The van der Waals surface area contributed by atoms with E-state index < -0.39 is 0 Å². The number of amides is 1. The number of aliphatic hydroxyl groups excluding tert-OH is 1. The van der Waals surface area contributed by atoms with Gasteiger partial charge in [-0.05, 0) is 130 Å². The van der Waals surface area contributed by atoms with Crippen LogP contribution in [-0.4, -0.2) is 35.1 Å². The van der Waals surface area contributed by atoms with Crippen LogP contribution in [0.2, 0.25) is 0 Å². The van der Waals surface area contributed by atoms with Crippen molar-refractivity contribution in [1.29, 1.82) is 0 Å². The van der Waals surface area contributed by atoms with Crippen LogP contribution in [0.1, 0.15) is 74.1 Å². The predicted molar refractivity (Wildman–Crippen MR) is 155 cm³/mol. The van der Waals surface area contributed by atoms with E-state index in [0.29, 0.717) is 11.8 Å². The largest absolute Gasteiger partial charge is 0.496 e. The molecule has 0 bridgehead atoms. The Balaban J connectivity index is 1.32. The number of hydrogen-bond donors (Lipinski definition) is 1. The first kappa shape index (κ1) is 26.9. The number of benzene rings is 2. The van der Waals surface area contributed by atoms with Crippen LogP contribution >= 0.6 is 11.5 Å². The van der Waals surface area contributed by atoms with Crippen LogP contribution in [0.5, 0.6) is 5.75 Å². The first-order valence-corrected chi connectivity index (χ1v) is 14.9. The van der Waals surface area contributed by atoms with Crippen LogP contribution in [0.3, 0.4) is 0 Å². The molecule has 1 heterocycles. The van der Waals surface area contributed by atoms with Crippen molar-refractivity contribution >= 4 is 23.1 Å². The monoisotopic (exact) mass is 532 g/mol. The third-order valence-electron chi connectivity index (χ3n) is 8.56. The van der Waals surface area contributed by atoms with Gasteiger partial charge in [0.1, 0.15) is 5.75 Å². The molecule has 202 valence electrons. The normalized spacial score (nSPS) is 23.7. The number of rotatable bonds is 7. The van der Waals surface area contributed by atoms with Crippen molar-refractivity contribution in [3.8, 4) is 16.2 Å². The van der Waals surface area contributed by atoms with Crippen molar-refractivity contribution in [2.24, 2.45) is 11.8 Å². The van der Waals surface area contributed by atoms with E-state index in [1.54, 1.807) is 7.11 Å². The average molecular weight is 533 g/mol. The van der Waals surface area contributed by atoms with Gasteiger partial charge in [-0.3, -0.25) is 4.79 Å². The highest BCUT2D eigenvalue weighted by Gasteiger charge is 2.32. The predicted octanol–water partition coefficient (Wildman–Crippen LogP) is 7.29. The minimum atomic E-state index is -0.262. The van der Waals surface area contributed by atoms with Gasteiger partial charge in [0.25, 0.3) is 0 Å². The molecule has 2 aromatic carbocycles. The molecule has 0 unspecified atom stereocenters. The molecule has 6 heteroatoms. The molecule has 5 rings (SSSR count). The van der Waals surface area contributed by atoms with Crippen LogP contribution in [-0.2, 0) is 4.79 Å². The fraction of sp³-hybridized carbons (Fsp3) is 0.500. The number of carbonyl (C=O) groups is 1. The van der Waals surface area contributed by atoms with Gasteiger partial charge in [-0.25, -0.2) is 0 Å². The Kier molecular flexibility index (Phi) is 8.49. The molecule has 0 radical (unpaired) electrons. The summed E-state index contributed by atoms with van der Waals surface area (Å²) >= 11 is 1.51. The van der Waals surface area contributed by atoms with Crippen LogP contribution < -0.4 is 9.64 Å². The van der Waals surface area contributed by atoms with Crippen molar-refractivity contribution in [2.75, 3.05) is 18.6 Å². The zero-order valence-electron chi connectivity index (χ0n) is 22.9. The Labute approximate surface area is 231 Å². The third kappa shape index (κ3) is 6.13. The summed E-state index contributed by atoms with van der Waals surface area (Å²) in [5, 5.41) is 10.0. The van der Waals surface area contributed by atoms with E-state index in [4.69, 9.17) is 4.74 Å². The molecule has 3 aromatic rings. The molecular weight excluding hydrogens is 492 g/mol. The summed E-state index contributed by atoms with van der Waals surface area (Å²) in [6.07, 6.45) is 7.26. The quantitative estimate of drug-likeness (QED) is 0.347. The summed E-state index contributed by atoms with van der Waals surface area (Å²) in [7, 11) is 1.73. The van der Waals surface area contributed by atoms with E-state index >= 15 is 0 Å². The van der Waals surface area contributed by atoms with Crippen molar-refractivity contribution < 1.29 is 14.6 Å². The molecule has 0 saturated heterocycles. The van der Waals surface area contributed by atoms with Crippen LogP contribution in [0.15, 0.2) is 48.5 Å². The van der Waals surface area contributed by atoms with Crippen molar-refractivity contribution in [2.45, 2.75) is 77.2 Å². The van der Waals surface area contributed by atoms with E-state index in [-0.39, 0.29) is 17.9 Å². The zero-order chi connectivity index (χ0) is 26.6. The summed E-state index contributed by atoms with van der Waals surface area (Å²) in [6.45, 7) is 4.89. The van der Waals surface area contributed by atoms with Gasteiger partial charge >= 0.3 is 0 Å². The van der Waals surface area contributed by atoms with Gasteiger partial charge in [-0.2, -0.15) is 4.37 Å². The van der Waals surface area contributed by atoms with Crippen LogP contribution in [0.25, 0.3) is 10.4 Å². The number of carbonyl (C=O) groups excluding carboxylic acids is 1. The number of aromatic nitrogens is 1. The Morgan fingerprint density at radius 3 is 2.42 bits per heavy atom. The lowest BCUT2D eigenvalue weighted by molar-refractivity contribution is -0.124. The summed E-state index contributed by atoms with van der Waals surface area (Å²) < 4.78 is 9.91. The van der Waals surface area contributed by atoms with Gasteiger partial charge in [-0.1, -0.05) is 24.3 Å². The van der Waals surface area contributed by atoms with E-state index in [0.717, 1.165) is 85.5 Å². The number of aryl methyl sites for hydroxylation is 2. The van der Waals surface area contributed by atoms with E-state index in [9.17, 15) is 9.90 Å². The van der Waals surface area contributed by atoms with Crippen molar-refractivity contribution in [1.82, 2.24) is 4.37 Å². The summed E-state index contributed by atoms with van der Waals surface area (Å²) in [5.74, 6) is 2.21. The van der Waals surface area contributed by atoms with E-state index in [1.165, 1.54) is 22.7 Å². The zero-order valence-corrected chi connectivity index (χ0v) is 23.7. The standard InChI is InChI=1S/C32H40N2O3S/c1-21-17-26(13-16-30(21)37-3)24-9-7-23(8-10-24)20-34(32(36)25-11-14-29(35)15-12-25)28-6-4-5-27(19-28)31-18-22(2)33-38-31/h4-6,13,16-19,23-25,29,35H,7-12,14-15,20H2,1-3H3/t23-,24-,25-,29-. The van der Waals surface area contributed by atoms with Gasteiger partial charge in [0.15, 0.2) is 0 Å². The Bertz CT molecular complexity index is 1240. The topological polar surface area (TPSA) is 62.7 Å². The van der Waals surface area contributed by atoms with Crippen molar-refractivity contribution in [3.63, 3.8) is 0 Å². The van der Waals surface area contributed by atoms with Gasteiger partial charge in [0, 0.05) is 18.2 Å². The molecule has 2 saturated carbocycles. The smallest absolute Gasteiger partial charge is 0.230 e. The maximum absolute atomic E-state index is 13.9. The number of hydrogen-bond acceptors (Lipinski definition) is 5. The molecular formula is C32H40N2O3S. The van der Waals surface area contributed by atoms with Crippen molar-refractivity contribution in [3.05, 3.63) is 65.4 Å². The first-order chi connectivity index (χ1) is 18.4. The molecule has 0 spiro atoms. The molecule has 1 aromatic heterocycles. The molecule has 2 aliphatic carbocycles. The lowest BCUT2D eigenvalue weighted by Gasteiger charge is -2.36. The third-order valence-corrected chi connectivity index (χ3v) is 9.49. The first-order valence-electron chi connectivity index (χ1n) is 14.1. The number of aliphatic hydroxyl groups is 1. The highest BCUT2D eigenvalue weighted by molar-refractivity contribution is 7.09. The Hall–Kier alpha value is -2.70. The Morgan fingerprint density at radius 2 is 1.76 bits per heavy atom. The fourth-order valence-electron chi connectivity index (χ4n) is 6.28. The Morgan fingerprint density at radius 1 is 1.00 bits per heavy atom. The summed E-state index contributed by atoms with van der Waals surface area (Å²) in [6, 6.07) is 17.1. The minimum Gasteiger partial charge on any atom is -0.496 e. The minimum absolute atomic E-state index is 0.00804. The second-order valence-corrected chi connectivity index (χ2v) is 12.1. The maximum atomic E-state index is 13.9. The number of nitrogens with zero attached hydrogens (tertiary/aromatic N) is 2. The van der Waals surface area contributed by atoms with Gasteiger partial charge in [0.05, 0.1) is 23.8 Å².